The molecule has 54 heavy (non-hydrogen) atoms. The van der Waals surface area contributed by atoms with Gasteiger partial charge in [0.1, 0.15) is 11.0 Å². The molecular weight excluding hydrogens is 728 g/mol. The van der Waals surface area contributed by atoms with E-state index in [4.69, 9.17) is 20.8 Å². The lowest BCUT2D eigenvalue weighted by molar-refractivity contribution is -0.124. The molecule has 3 aromatic carbocycles. The number of ether oxygens (including phenoxy) is 1. The zero-order valence-electron chi connectivity index (χ0n) is 30.4. The minimum atomic E-state index is -1.09. The predicted molar refractivity (Wildman–Crippen MR) is 208 cm³/mol. The number of alkyl carbamates (subject to hydrolysis) is 1. The molecule has 12 nitrogen and oxygen atoms in total. The highest BCUT2D eigenvalue weighted by Gasteiger charge is 2.31. The third-order valence-corrected chi connectivity index (χ3v) is 9.98. The van der Waals surface area contributed by atoms with Crippen LogP contribution in [0.5, 0.6) is 0 Å². The molecular formula is C40H45ClN6O6S. The summed E-state index contributed by atoms with van der Waals surface area (Å²) >= 11 is 7.80. The molecule has 0 aliphatic carbocycles. The zero-order chi connectivity index (χ0) is 38.5. The summed E-state index contributed by atoms with van der Waals surface area (Å²) in [7, 11) is 1.64. The van der Waals surface area contributed by atoms with Crippen LogP contribution in [0, 0.1) is 5.92 Å². The number of hydrogen-bond acceptors (Lipinski definition) is 9. The fourth-order valence-electron chi connectivity index (χ4n) is 5.86. The lowest BCUT2D eigenvalue weighted by atomic mass is 9.93. The predicted octanol–water partition coefficient (Wildman–Crippen LogP) is 6.63. The van der Waals surface area contributed by atoms with Gasteiger partial charge < -0.3 is 35.1 Å². The second kappa shape index (κ2) is 19.7. The van der Waals surface area contributed by atoms with Crippen molar-refractivity contribution in [3.63, 3.8) is 0 Å². The van der Waals surface area contributed by atoms with Gasteiger partial charge in [0.05, 0.1) is 35.6 Å². The van der Waals surface area contributed by atoms with Crippen molar-refractivity contribution in [2.75, 3.05) is 7.05 Å². The van der Waals surface area contributed by atoms with E-state index in [9.17, 15) is 19.5 Å². The van der Waals surface area contributed by atoms with Gasteiger partial charge in [-0.2, -0.15) is 0 Å². The van der Waals surface area contributed by atoms with Gasteiger partial charge in [-0.15, -0.1) is 11.3 Å². The van der Waals surface area contributed by atoms with Crippen LogP contribution in [0.25, 0.3) is 10.6 Å². The van der Waals surface area contributed by atoms with Crippen LogP contribution in [0.1, 0.15) is 42.8 Å². The molecule has 0 aliphatic rings. The summed E-state index contributed by atoms with van der Waals surface area (Å²) in [5.41, 5.74) is 3.35. The molecule has 4 amide bonds. The highest BCUT2D eigenvalue weighted by atomic mass is 35.5. The highest BCUT2D eigenvalue weighted by Crippen LogP contribution is 2.30. The van der Waals surface area contributed by atoms with E-state index in [1.165, 1.54) is 28.8 Å². The van der Waals surface area contributed by atoms with Gasteiger partial charge in [-0.05, 0) is 42.4 Å². The molecule has 0 unspecified atom stereocenters. The quantitative estimate of drug-likeness (QED) is 0.0820. The molecule has 0 radical (unpaired) electrons. The molecule has 14 heteroatoms. The Balaban J connectivity index is 1.26. The summed E-state index contributed by atoms with van der Waals surface area (Å²) in [5.74, 6) is -0.282. The minimum Gasteiger partial charge on any atom is -0.445 e. The van der Waals surface area contributed by atoms with Crippen LogP contribution >= 0.6 is 22.9 Å². The van der Waals surface area contributed by atoms with E-state index in [-0.39, 0.29) is 25.5 Å². The molecule has 5 aromatic rings. The van der Waals surface area contributed by atoms with Crippen molar-refractivity contribution >= 4 is 41.0 Å². The fraction of sp³-hybridized carbons (Fsp3) is 0.325. The maximum Gasteiger partial charge on any atom is 0.407 e. The fourth-order valence-corrected chi connectivity index (χ4v) is 7.00. The van der Waals surface area contributed by atoms with Gasteiger partial charge in [0.15, 0.2) is 18.8 Å². The summed E-state index contributed by atoms with van der Waals surface area (Å²) in [5, 5.41) is 23.7. The van der Waals surface area contributed by atoms with Crippen LogP contribution in [-0.2, 0) is 35.5 Å². The smallest absolute Gasteiger partial charge is 0.407 e. The number of thiazole rings is 1. The number of urea groups is 1. The van der Waals surface area contributed by atoms with Gasteiger partial charge >= 0.3 is 12.1 Å². The first-order valence-electron chi connectivity index (χ1n) is 17.6. The molecule has 0 fully saturated rings. The van der Waals surface area contributed by atoms with Crippen molar-refractivity contribution in [1.82, 2.24) is 30.8 Å². The normalized spacial score (nSPS) is 13.4. The van der Waals surface area contributed by atoms with Crippen LogP contribution in [-0.4, -0.2) is 69.3 Å². The van der Waals surface area contributed by atoms with Crippen molar-refractivity contribution in [3.05, 3.63) is 131 Å². The van der Waals surface area contributed by atoms with E-state index in [0.29, 0.717) is 29.3 Å². The van der Waals surface area contributed by atoms with Crippen LogP contribution in [0.15, 0.2) is 107 Å². The molecule has 0 bridgehead atoms. The van der Waals surface area contributed by atoms with Crippen LogP contribution < -0.4 is 16.0 Å². The molecule has 4 N–H and O–H groups in total. The number of benzene rings is 3. The maximum atomic E-state index is 14.0. The SMILES string of the molecule is CC(C)[C@H](NC(=O)N(C)Cc1csc(-c2ccccc2Cl)n1)C(=O)N[C@@H](Cc1ccccc1)C[C@H](O)[C@H](Cc1ccccc1)NC(=O)OCc1cnco1. The van der Waals surface area contributed by atoms with Crippen molar-refractivity contribution in [2.45, 2.75) is 70.5 Å². The summed E-state index contributed by atoms with van der Waals surface area (Å²) in [6.07, 6.45) is 1.66. The molecule has 284 valence electrons. The summed E-state index contributed by atoms with van der Waals surface area (Å²) in [6, 6.07) is 23.9. The Labute approximate surface area is 323 Å². The average Bonchev–Trinajstić information content (AvgIpc) is 3.86. The van der Waals surface area contributed by atoms with E-state index < -0.39 is 42.3 Å². The first-order chi connectivity index (χ1) is 26.0. The Bertz CT molecular complexity index is 1930. The molecule has 0 spiro atoms. The molecule has 0 aliphatic heterocycles. The van der Waals surface area contributed by atoms with E-state index >= 15 is 0 Å². The molecule has 2 aromatic heterocycles. The Kier molecular flexibility index (Phi) is 14.6. The van der Waals surface area contributed by atoms with Crippen LogP contribution in [0.4, 0.5) is 9.59 Å². The zero-order valence-corrected chi connectivity index (χ0v) is 31.9. The van der Waals surface area contributed by atoms with Gasteiger partial charge in [-0.1, -0.05) is 104 Å². The molecule has 2 heterocycles. The lowest BCUT2D eigenvalue weighted by Crippen LogP contribution is -2.55. The van der Waals surface area contributed by atoms with E-state index in [2.05, 4.69) is 25.9 Å². The van der Waals surface area contributed by atoms with Crippen molar-refractivity contribution < 1.29 is 28.6 Å². The highest BCUT2D eigenvalue weighted by molar-refractivity contribution is 7.13. The topological polar surface area (TPSA) is 159 Å². The van der Waals surface area contributed by atoms with Crippen molar-refractivity contribution in [1.29, 1.82) is 0 Å². The van der Waals surface area contributed by atoms with Gasteiger partial charge in [0.25, 0.3) is 0 Å². The number of aliphatic hydroxyl groups is 1. The third kappa shape index (κ3) is 11.9. The van der Waals surface area contributed by atoms with Gasteiger partial charge in [-0.3, -0.25) is 4.79 Å². The Morgan fingerprint density at radius 3 is 2.24 bits per heavy atom. The second-order valence-electron chi connectivity index (χ2n) is 13.3. The number of halogens is 1. The number of aliphatic hydroxyl groups excluding tert-OH is 1. The number of nitrogens with one attached hydrogen (secondary N) is 3. The first kappa shape index (κ1) is 40.0. The Morgan fingerprint density at radius 1 is 0.926 bits per heavy atom. The van der Waals surface area contributed by atoms with Crippen LogP contribution in [0.3, 0.4) is 0 Å². The standard InChI is InChI=1S/C40H45ClN6O6S/c1-26(2)36(46-39(50)47(3)22-30-24-54-38(44-30)32-16-10-11-17-33(32)41)37(49)43-29(18-27-12-6-4-7-13-27)20-35(48)34(19-28-14-8-5-9-15-28)45-40(51)52-23-31-21-42-25-53-31/h4-17,21,24-26,29,34-36,48H,18-20,22-23H2,1-3H3,(H,43,49)(H,45,51)(H,46,50)/t29-,34-,35-,36-/m0/s1. The number of oxazole rings is 1. The molecule has 0 saturated heterocycles. The first-order valence-corrected chi connectivity index (χ1v) is 18.9. The van der Waals surface area contributed by atoms with Crippen molar-refractivity contribution in [3.8, 4) is 10.6 Å². The van der Waals surface area contributed by atoms with Crippen molar-refractivity contribution in [2.24, 2.45) is 5.92 Å². The van der Waals surface area contributed by atoms with Gasteiger partial charge in [-0.25, -0.2) is 19.6 Å². The summed E-state index contributed by atoms with van der Waals surface area (Å²) in [4.78, 5) is 50.2. The third-order valence-electron chi connectivity index (χ3n) is 8.72. The summed E-state index contributed by atoms with van der Waals surface area (Å²) in [6.45, 7) is 3.80. The monoisotopic (exact) mass is 772 g/mol. The molecule has 0 saturated carbocycles. The largest absolute Gasteiger partial charge is 0.445 e. The lowest BCUT2D eigenvalue weighted by Gasteiger charge is -2.30. The number of amides is 4. The Morgan fingerprint density at radius 2 is 1.59 bits per heavy atom. The number of aromatic nitrogens is 2. The van der Waals surface area contributed by atoms with E-state index in [1.807, 2.05) is 98.1 Å². The Hall–Kier alpha value is -5.24. The maximum absolute atomic E-state index is 14.0. The van der Waals surface area contributed by atoms with Gasteiger partial charge in [0.2, 0.25) is 5.91 Å². The number of nitrogens with zero attached hydrogens (tertiary/aromatic N) is 3. The number of rotatable bonds is 17. The number of carbonyl (C=O) groups is 3. The van der Waals surface area contributed by atoms with E-state index in [1.54, 1.807) is 13.1 Å². The molecule has 5 rings (SSSR count). The van der Waals surface area contributed by atoms with Gasteiger partial charge in [0, 0.05) is 24.0 Å². The van der Waals surface area contributed by atoms with Crippen LogP contribution in [0.2, 0.25) is 5.02 Å². The minimum absolute atomic E-state index is 0.0940. The van der Waals surface area contributed by atoms with E-state index in [0.717, 1.165) is 21.7 Å². The molecule has 4 atom stereocenters. The average molecular weight is 773 g/mol. The number of carbonyl (C=O) groups excluding carboxylic acids is 3. The second-order valence-corrected chi connectivity index (χ2v) is 14.6. The summed E-state index contributed by atoms with van der Waals surface area (Å²) < 4.78 is 10.5. The number of hydrogen-bond donors (Lipinski definition) is 4.